The Morgan fingerprint density at radius 3 is 2.63 bits per heavy atom. The second-order valence-corrected chi connectivity index (χ2v) is 10.3. The fourth-order valence-corrected chi connectivity index (χ4v) is 7.98. The van der Waals surface area contributed by atoms with E-state index >= 15 is 0 Å². The quantitative estimate of drug-likeness (QED) is 0.578. The summed E-state index contributed by atoms with van der Waals surface area (Å²) in [6.45, 7) is 2.18. The van der Waals surface area contributed by atoms with Gasteiger partial charge in [-0.05, 0) is 6.07 Å². The monoisotopic (exact) mass is 405 g/mol. The predicted molar refractivity (Wildman–Crippen MR) is 106 cm³/mol. The minimum atomic E-state index is -3.15. The van der Waals surface area contributed by atoms with Crippen LogP contribution in [-0.2, 0) is 14.0 Å². The molecule has 0 amide bonds. The topological polar surface area (TPSA) is 71.4 Å². The number of thiophene rings is 1. The van der Waals surface area contributed by atoms with Gasteiger partial charge in [0.05, 0.1) is 26.0 Å². The summed E-state index contributed by atoms with van der Waals surface area (Å²) in [5.41, 5.74) is 1.46. The van der Waals surface area contributed by atoms with Crippen LogP contribution in [0.1, 0.15) is 15.2 Å². The largest absolute Gasteiger partial charge is 0.465 e. The average Bonchev–Trinajstić information content (AvgIpc) is 3.16. The van der Waals surface area contributed by atoms with Crippen LogP contribution in [0.4, 0.5) is 5.69 Å². The standard InChI is InChI=1S/C18H20N3O4PS/c1-20-16(13-6-4-3-5-7-13)19-14-12-15(17(22)24-2)27-18(14)26(20,23)21-8-10-25-11-9-21/h3-7,12H,8-11H2,1-2H3. The van der Waals surface area contributed by atoms with Crippen molar-refractivity contribution in [2.24, 2.45) is 4.99 Å². The third kappa shape index (κ3) is 3.02. The molecule has 27 heavy (non-hydrogen) atoms. The lowest BCUT2D eigenvalue weighted by Crippen LogP contribution is -2.44. The summed E-state index contributed by atoms with van der Waals surface area (Å²) in [6.07, 6.45) is 0. The number of rotatable bonds is 3. The van der Waals surface area contributed by atoms with Crippen LogP contribution in [0.3, 0.4) is 0 Å². The molecule has 0 bridgehead atoms. The molecule has 0 saturated carbocycles. The maximum absolute atomic E-state index is 14.4. The number of methoxy groups -OCH3 is 1. The lowest BCUT2D eigenvalue weighted by molar-refractivity contribution is 0.0606. The number of fused-ring (bicyclic) bond motifs is 1. The molecule has 1 aromatic carbocycles. The zero-order valence-electron chi connectivity index (χ0n) is 15.1. The maximum Gasteiger partial charge on any atom is 0.348 e. The Balaban J connectivity index is 1.89. The van der Waals surface area contributed by atoms with Crippen molar-refractivity contribution < 1.29 is 18.8 Å². The SMILES string of the molecule is COC(=O)c1cc2c(s1)P(=O)(N1CCOCC1)N(C)C(c1ccccc1)=N2. The van der Waals surface area contributed by atoms with Crippen molar-refractivity contribution in [2.75, 3.05) is 40.5 Å². The number of aliphatic imine (C=N–C) groups is 1. The van der Waals surface area contributed by atoms with Gasteiger partial charge in [0.25, 0.3) is 7.44 Å². The molecule has 4 rings (SSSR count). The van der Waals surface area contributed by atoms with E-state index in [-0.39, 0.29) is 0 Å². The van der Waals surface area contributed by atoms with Crippen molar-refractivity contribution in [1.82, 2.24) is 9.34 Å². The van der Waals surface area contributed by atoms with Gasteiger partial charge in [-0.3, -0.25) is 9.24 Å². The van der Waals surface area contributed by atoms with Crippen LogP contribution in [0.2, 0.25) is 0 Å². The number of hydrogen-bond donors (Lipinski definition) is 0. The van der Waals surface area contributed by atoms with Crippen molar-refractivity contribution in [1.29, 1.82) is 0 Å². The number of nitrogens with zero attached hydrogens (tertiary/aromatic N) is 3. The summed E-state index contributed by atoms with van der Waals surface area (Å²) in [5.74, 6) is 0.189. The summed E-state index contributed by atoms with van der Waals surface area (Å²) in [7, 11) is -0.00544. The Labute approximate surface area is 161 Å². The van der Waals surface area contributed by atoms with E-state index in [0.29, 0.717) is 47.3 Å². The second kappa shape index (κ2) is 7.20. The molecule has 1 aromatic heterocycles. The molecule has 1 atom stereocenters. The van der Waals surface area contributed by atoms with Crippen molar-refractivity contribution in [3.63, 3.8) is 0 Å². The predicted octanol–water partition coefficient (Wildman–Crippen LogP) is 2.71. The molecular weight excluding hydrogens is 385 g/mol. The Hall–Kier alpha value is -1.99. The van der Waals surface area contributed by atoms with Crippen molar-refractivity contribution >= 4 is 40.9 Å². The Morgan fingerprint density at radius 2 is 1.96 bits per heavy atom. The number of hydrogen-bond acceptors (Lipinski definition) is 6. The minimum Gasteiger partial charge on any atom is -0.465 e. The van der Waals surface area contributed by atoms with Crippen LogP contribution in [-0.4, -0.2) is 61.6 Å². The molecule has 0 radical (unpaired) electrons. The van der Waals surface area contributed by atoms with Crippen LogP contribution >= 0.6 is 18.8 Å². The zero-order chi connectivity index (χ0) is 19.0. The maximum atomic E-state index is 14.4. The summed E-state index contributed by atoms with van der Waals surface area (Å²) < 4.78 is 29.1. The van der Waals surface area contributed by atoms with Gasteiger partial charge in [-0.1, -0.05) is 30.3 Å². The number of carbonyl (C=O) groups is 1. The van der Waals surface area contributed by atoms with E-state index in [1.165, 1.54) is 18.4 Å². The summed E-state index contributed by atoms with van der Waals surface area (Å²) in [6, 6.07) is 11.3. The van der Waals surface area contributed by atoms with Crippen LogP contribution in [0.15, 0.2) is 41.4 Å². The normalized spacial score (nSPS) is 22.9. The first-order chi connectivity index (χ1) is 13.1. The van der Waals surface area contributed by atoms with Gasteiger partial charge < -0.3 is 9.47 Å². The zero-order valence-corrected chi connectivity index (χ0v) is 16.8. The number of amidine groups is 1. The van der Waals surface area contributed by atoms with E-state index in [1.807, 2.05) is 42.0 Å². The van der Waals surface area contributed by atoms with E-state index in [2.05, 4.69) is 0 Å². The third-order valence-electron chi connectivity index (χ3n) is 4.69. The average molecular weight is 405 g/mol. The van der Waals surface area contributed by atoms with Crippen LogP contribution < -0.4 is 4.62 Å². The van der Waals surface area contributed by atoms with Gasteiger partial charge in [0.1, 0.15) is 15.3 Å². The highest BCUT2D eigenvalue weighted by atomic mass is 32.1. The van der Waals surface area contributed by atoms with Gasteiger partial charge in [0.15, 0.2) is 0 Å². The van der Waals surface area contributed by atoms with E-state index in [0.717, 1.165) is 5.56 Å². The Morgan fingerprint density at radius 1 is 1.26 bits per heavy atom. The van der Waals surface area contributed by atoms with E-state index in [9.17, 15) is 9.36 Å². The Kier molecular flexibility index (Phi) is 4.90. The first-order valence-corrected chi connectivity index (χ1v) is 11.0. The number of benzene rings is 1. The molecule has 0 N–H and O–H groups in total. The fourth-order valence-electron chi connectivity index (χ4n) is 3.29. The van der Waals surface area contributed by atoms with Crippen LogP contribution in [0.5, 0.6) is 0 Å². The third-order valence-corrected chi connectivity index (χ3v) is 9.51. The van der Waals surface area contributed by atoms with E-state index in [1.54, 1.807) is 10.7 Å². The fraction of sp³-hybridized carbons (Fsp3) is 0.333. The summed E-state index contributed by atoms with van der Waals surface area (Å²) in [4.78, 5) is 17.2. The van der Waals surface area contributed by atoms with Gasteiger partial charge in [-0.15, -0.1) is 11.3 Å². The molecule has 2 aliphatic rings. The molecule has 0 spiro atoms. The van der Waals surface area contributed by atoms with Crippen molar-refractivity contribution in [3.05, 3.63) is 46.8 Å². The van der Waals surface area contributed by atoms with Crippen LogP contribution in [0, 0.1) is 0 Å². The first kappa shape index (κ1) is 18.4. The molecule has 1 fully saturated rings. The molecular formula is C18H20N3O4PS. The van der Waals surface area contributed by atoms with Gasteiger partial charge in [-0.2, -0.15) is 0 Å². The molecule has 2 aliphatic heterocycles. The van der Waals surface area contributed by atoms with Gasteiger partial charge >= 0.3 is 5.97 Å². The molecule has 1 saturated heterocycles. The number of carbonyl (C=O) groups excluding carboxylic acids is 1. The van der Waals surface area contributed by atoms with E-state index in [4.69, 9.17) is 14.5 Å². The lowest BCUT2D eigenvalue weighted by atomic mass is 10.2. The molecule has 7 nitrogen and oxygen atoms in total. The molecule has 1 unspecified atom stereocenters. The number of esters is 1. The molecule has 142 valence electrons. The smallest absolute Gasteiger partial charge is 0.348 e. The highest BCUT2D eigenvalue weighted by molar-refractivity contribution is 7.74. The van der Waals surface area contributed by atoms with Gasteiger partial charge in [0, 0.05) is 25.7 Å². The molecule has 2 aromatic rings. The highest BCUT2D eigenvalue weighted by Crippen LogP contribution is 2.58. The van der Waals surface area contributed by atoms with E-state index < -0.39 is 13.4 Å². The lowest BCUT2D eigenvalue weighted by Gasteiger charge is -2.41. The van der Waals surface area contributed by atoms with Crippen LogP contribution in [0.25, 0.3) is 0 Å². The van der Waals surface area contributed by atoms with Crippen molar-refractivity contribution in [2.45, 2.75) is 0 Å². The minimum absolute atomic E-state index is 0.405. The summed E-state index contributed by atoms with van der Waals surface area (Å²) >= 11 is 1.20. The second-order valence-electron chi connectivity index (χ2n) is 6.23. The highest BCUT2D eigenvalue weighted by Gasteiger charge is 2.46. The van der Waals surface area contributed by atoms with Gasteiger partial charge in [0.2, 0.25) is 0 Å². The summed E-state index contributed by atoms with van der Waals surface area (Å²) in [5, 5.41) is 0. The Bertz CT molecular complexity index is 937. The number of morpholine rings is 1. The van der Waals surface area contributed by atoms with Crippen molar-refractivity contribution in [3.8, 4) is 0 Å². The molecule has 9 heteroatoms. The molecule has 0 aliphatic carbocycles. The molecule has 3 heterocycles. The van der Waals surface area contributed by atoms with Gasteiger partial charge in [-0.25, -0.2) is 14.5 Å². The number of ether oxygens (including phenoxy) is 2. The first-order valence-electron chi connectivity index (χ1n) is 8.60.